The summed E-state index contributed by atoms with van der Waals surface area (Å²) in [6.45, 7) is 5.82. The largest absolute Gasteiger partial charge is 0.432 e. The molecule has 14 heteroatoms. The number of aromatic nitrogens is 1. The van der Waals surface area contributed by atoms with Gasteiger partial charge >= 0.3 is 0 Å². The highest BCUT2D eigenvalue weighted by Crippen LogP contribution is 2.60. The van der Waals surface area contributed by atoms with Crippen LogP contribution in [0.15, 0.2) is 72.9 Å². The molecule has 2 fully saturated rings. The normalized spacial score (nSPS) is 24.2. The van der Waals surface area contributed by atoms with Crippen molar-refractivity contribution in [1.82, 2.24) is 9.88 Å². The zero-order chi connectivity index (χ0) is 36.9. The van der Waals surface area contributed by atoms with Gasteiger partial charge in [0.15, 0.2) is 13.9 Å². The van der Waals surface area contributed by atoms with Gasteiger partial charge in [-0.1, -0.05) is 37.3 Å². The van der Waals surface area contributed by atoms with Gasteiger partial charge in [-0.25, -0.2) is 0 Å². The molecule has 0 bridgehead atoms. The molecule has 7 rings (SSSR count). The SMILES string of the molecule is C[C@@H]1[C@@H]([Si](C)(C)O)[C@H](CC(=O)N2CCC[C@H]2CO)O[C@@]12C(=O)N(Cc1ccc(NC(=O)Cc3c[nH]c4ccccc34)cc1)c1ccc([N+](=O)[O-])cc12. The lowest BCUT2D eigenvalue weighted by molar-refractivity contribution is -0.385. The van der Waals surface area contributed by atoms with E-state index in [9.17, 15) is 34.4 Å². The second-order valence-corrected chi connectivity index (χ2v) is 18.7. The van der Waals surface area contributed by atoms with Gasteiger partial charge < -0.3 is 34.7 Å². The average molecular weight is 726 g/mol. The van der Waals surface area contributed by atoms with Crippen molar-refractivity contribution in [3.63, 3.8) is 0 Å². The Balaban J connectivity index is 1.15. The minimum Gasteiger partial charge on any atom is -0.432 e. The second kappa shape index (κ2) is 13.6. The minimum atomic E-state index is -3.10. The lowest BCUT2D eigenvalue weighted by Gasteiger charge is -2.32. The first-order valence-electron chi connectivity index (χ1n) is 17.7. The monoisotopic (exact) mass is 725 g/mol. The fraction of sp³-hybridized carbons (Fsp3) is 0.395. The van der Waals surface area contributed by atoms with Crippen LogP contribution in [0.3, 0.4) is 0 Å². The molecule has 3 aromatic carbocycles. The second-order valence-electron chi connectivity index (χ2n) is 14.8. The van der Waals surface area contributed by atoms with Crippen molar-refractivity contribution in [1.29, 1.82) is 0 Å². The fourth-order valence-electron chi connectivity index (χ4n) is 8.71. The van der Waals surface area contributed by atoms with Gasteiger partial charge in [0.25, 0.3) is 11.6 Å². The number of rotatable bonds is 10. The van der Waals surface area contributed by atoms with E-state index < -0.39 is 42.3 Å². The van der Waals surface area contributed by atoms with Gasteiger partial charge in [-0.15, -0.1) is 0 Å². The molecule has 5 atom stereocenters. The van der Waals surface area contributed by atoms with E-state index in [4.69, 9.17) is 4.74 Å². The number of nitrogens with zero attached hydrogens (tertiary/aromatic N) is 3. The lowest BCUT2D eigenvalue weighted by Crippen LogP contribution is -2.46. The maximum absolute atomic E-state index is 14.8. The molecule has 1 spiro atoms. The van der Waals surface area contributed by atoms with E-state index in [0.29, 0.717) is 29.9 Å². The summed E-state index contributed by atoms with van der Waals surface area (Å²) in [6.07, 6.45) is 2.59. The average Bonchev–Trinajstić information content (AvgIpc) is 3.87. The van der Waals surface area contributed by atoms with Crippen LogP contribution in [0, 0.1) is 16.0 Å². The van der Waals surface area contributed by atoms with Crippen LogP contribution in [-0.4, -0.2) is 76.0 Å². The Morgan fingerprint density at radius 3 is 2.60 bits per heavy atom. The molecule has 0 radical (unpaired) electrons. The Labute approximate surface area is 301 Å². The third-order valence-corrected chi connectivity index (χ3v) is 13.6. The number of ether oxygens (including phenoxy) is 1. The van der Waals surface area contributed by atoms with Crippen LogP contribution in [-0.2, 0) is 37.7 Å². The number of benzene rings is 3. The molecule has 3 aliphatic heterocycles. The summed E-state index contributed by atoms with van der Waals surface area (Å²) in [7, 11) is -3.10. The molecule has 1 aromatic heterocycles. The van der Waals surface area contributed by atoms with E-state index in [-0.39, 0.29) is 49.5 Å². The molecule has 4 heterocycles. The molecule has 0 saturated carbocycles. The van der Waals surface area contributed by atoms with Crippen LogP contribution in [0.4, 0.5) is 17.1 Å². The van der Waals surface area contributed by atoms with E-state index in [1.807, 2.05) is 49.5 Å². The van der Waals surface area contributed by atoms with Crippen molar-refractivity contribution in [2.45, 2.75) is 75.5 Å². The molecule has 0 unspecified atom stereocenters. The number of nitro benzene ring substituents is 1. The zero-order valence-electron chi connectivity index (χ0n) is 29.4. The number of carbonyl (C=O) groups is 3. The molecule has 52 heavy (non-hydrogen) atoms. The van der Waals surface area contributed by atoms with E-state index in [2.05, 4.69) is 10.3 Å². The zero-order valence-corrected chi connectivity index (χ0v) is 30.4. The number of H-pyrrole nitrogens is 1. The Kier molecular flexibility index (Phi) is 9.27. The van der Waals surface area contributed by atoms with Gasteiger partial charge in [0, 0.05) is 58.5 Å². The third-order valence-electron chi connectivity index (χ3n) is 11.1. The number of para-hydroxylation sites is 1. The number of nitro groups is 1. The van der Waals surface area contributed by atoms with Crippen LogP contribution in [0.25, 0.3) is 10.9 Å². The number of aliphatic hydroxyl groups excluding tert-OH is 1. The Morgan fingerprint density at radius 2 is 1.88 bits per heavy atom. The highest BCUT2D eigenvalue weighted by molar-refractivity contribution is 6.71. The maximum atomic E-state index is 14.8. The molecule has 272 valence electrons. The molecule has 4 N–H and O–H groups in total. The van der Waals surface area contributed by atoms with Crippen molar-refractivity contribution in [2.24, 2.45) is 5.92 Å². The predicted molar refractivity (Wildman–Crippen MR) is 197 cm³/mol. The lowest BCUT2D eigenvalue weighted by atomic mass is 9.82. The molecule has 2 saturated heterocycles. The number of fused-ring (bicyclic) bond motifs is 3. The van der Waals surface area contributed by atoms with Gasteiger partial charge in [-0.05, 0) is 61.3 Å². The molecule has 3 amide bonds. The van der Waals surface area contributed by atoms with E-state index in [1.54, 1.807) is 41.1 Å². The van der Waals surface area contributed by atoms with Crippen LogP contribution in [0.5, 0.6) is 0 Å². The summed E-state index contributed by atoms with van der Waals surface area (Å²) in [5.74, 6) is -1.42. The van der Waals surface area contributed by atoms with E-state index >= 15 is 0 Å². The number of anilines is 2. The Bertz CT molecular complexity index is 2040. The first kappa shape index (κ1) is 35.5. The van der Waals surface area contributed by atoms with Gasteiger partial charge in [-0.2, -0.15) is 0 Å². The number of carbonyl (C=O) groups excluding carboxylic acids is 3. The number of likely N-dealkylation sites (tertiary alicyclic amines) is 1. The first-order valence-corrected chi connectivity index (χ1v) is 20.7. The third kappa shape index (κ3) is 6.19. The highest BCUT2D eigenvalue weighted by atomic mass is 28.4. The summed E-state index contributed by atoms with van der Waals surface area (Å²) in [6, 6.07) is 18.9. The topological polar surface area (TPSA) is 178 Å². The van der Waals surface area contributed by atoms with Gasteiger partial charge in [0.1, 0.15) is 0 Å². The molecular weight excluding hydrogens is 683 g/mol. The Hall–Kier alpha value is -4.89. The van der Waals surface area contributed by atoms with Gasteiger partial charge in [-0.3, -0.25) is 24.5 Å². The van der Waals surface area contributed by atoms with Gasteiger partial charge in [0.2, 0.25) is 11.8 Å². The van der Waals surface area contributed by atoms with E-state index in [1.165, 1.54) is 12.1 Å². The minimum absolute atomic E-state index is 0.0880. The highest BCUT2D eigenvalue weighted by Gasteiger charge is 2.66. The summed E-state index contributed by atoms with van der Waals surface area (Å²) < 4.78 is 6.74. The summed E-state index contributed by atoms with van der Waals surface area (Å²) in [4.78, 5) is 70.7. The van der Waals surface area contributed by atoms with Crippen molar-refractivity contribution < 1.29 is 33.9 Å². The molecular formula is C38H43N5O8Si. The van der Waals surface area contributed by atoms with Crippen LogP contribution >= 0.6 is 0 Å². The van der Waals surface area contributed by atoms with Gasteiger partial charge in [0.05, 0.1) is 48.7 Å². The predicted octanol–water partition coefficient (Wildman–Crippen LogP) is 4.98. The summed E-state index contributed by atoms with van der Waals surface area (Å²) in [5, 5.41) is 25.7. The van der Waals surface area contributed by atoms with Crippen molar-refractivity contribution in [3.8, 4) is 0 Å². The number of hydrogen-bond acceptors (Lipinski definition) is 8. The van der Waals surface area contributed by atoms with E-state index in [0.717, 1.165) is 28.5 Å². The number of aliphatic hydroxyl groups is 1. The van der Waals surface area contributed by atoms with Crippen LogP contribution < -0.4 is 10.2 Å². The van der Waals surface area contributed by atoms with Crippen LogP contribution in [0.1, 0.15) is 42.9 Å². The quantitative estimate of drug-likeness (QED) is 0.101. The Morgan fingerprint density at radius 1 is 1.13 bits per heavy atom. The number of aromatic amines is 1. The van der Waals surface area contributed by atoms with Crippen molar-refractivity contribution >= 4 is 54.0 Å². The first-order chi connectivity index (χ1) is 24.8. The molecule has 13 nitrogen and oxygen atoms in total. The van der Waals surface area contributed by atoms with Crippen molar-refractivity contribution in [2.75, 3.05) is 23.4 Å². The number of nitrogens with one attached hydrogen (secondary N) is 2. The summed E-state index contributed by atoms with van der Waals surface area (Å²) in [5.41, 5.74) is 1.58. The number of amides is 3. The standard InChI is InChI=1S/C38H43N5O8Si/c1-23-36(52(2,3)50)33(19-35(46)41-16-6-7-28(41)22-44)51-38(23)30-18-27(43(48)49)14-15-32(30)42(37(38)47)21-24-10-12-26(13-11-24)40-34(45)17-25-20-39-31-9-5-4-8-29(25)31/h4-5,8-15,18,20,23,28,33,36,39,44,50H,6-7,16-17,19,21-22H2,1-3H3,(H,40,45)/t23-,28+,33+,36-,38+/m1/s1. The molecule has 3 aliphatic rings. The molecule has 0 aliphatic carbocycles. The number of hydrogen-bond donors (Lipinski definition) is 4. The number of non-ortho nitro benzene ring substituents is 1. The molecule has 4 aromatic rings. The maximum Gasteiger partial charge on any atom is 0.269 e. The van der Waals surface area contributed by atoms with Crippen LogP contribution in [0.2, 0.25) is 18.6 Å². The van der Waals surface area contributed by atoms with Crippen molar-refractivity contribution in [3.05, 3.63) is 99.7 Å². The smallest absolute Gasteiger partial charge is 0.269 e. The fourth-order valence-corrected chi connectivity index (χ4v) is 11.3. The summed E-state index contributed by atoms with van der Waals surface area (Å²) >= 11 is 0.